The largest absolute Gasteiger partial charge is 0.741 e. The lowest BCUT2D eigenvalue weighted by atomic mass is 10.1. The van der Waals surface area contributed by atoms with Gasteiger partial charge in [-0.25, -0.2) is 16.8 Å². The predicted molar refractivity (Wildman–Crippen MR) is 97.6 cm³/mol. The summed E-state index contributed by atoms with van der Waals surface area (Å²) in [7, 11) is -8.39. The van der Waals surface area contributed by atoms with Crippen LogP contribution in [0.2, 0.25) is 0 Å². The van der Waals surface area contributed by atoms with E-state index in [-0.39, 0.29) is 26.1 Å². The van der Waals surface area contributed by atoms with Crippen LogP contribution in [0, 0.1) is 27.9 Å². The summed E-state index contributed by atoms with van der Waals surface area (Å²) in [6, 6.07) is 11.4. The van der Waals surface area contributed by atoms with Crippen LogP contribution >= 0.6 is 0 Å². The molecular weight excluding hydrogens is 562 g/mol. The van der Waals surface area contributed by atoms with Gasteiger partial charge in [-0.15, -0.1) is 0 Å². The Morgan fingerprint density at radius 2 is 1.40 bits per heavy atom. The SMILES string of the molecule is CONS(=O)(=O)c1ccc([I+]c2c(C)cc(C)cc2C)cc1.O=S(=O)([O-])C(F)(F)F. The van der Waals surface area contributed by atoms with Crippen LogP contribution in [0.15, 0.2) is 41.3 Å². The van der Waals surface area contributed by atoms with Gasteiger partial charge in [0.15, 0.2) is 17.3 Å². The lowest BCUT2D eigenvalue weighted by Crippen LogP contribution is -3.62. The van der Waals surface area contributed by atoms with E-state index in [4.69, 9.17) is 13.0 Å². The van der Waals surface area contributed by atoms with Crippen LogP contribution in [0.1, 0.15) is 16.7 Å². The molecule has 0 amide bonds. The van der Waals surface area contributed by atoms with E-state index in [1.807, 2.05) is 17.0 Å². The highest BCUT2D eigenvalue weighted by Gasteiger charge is 2.36. The summed E-state index contributed by atoms with van der Waals surface area (Å²) in [5.41, 5.74) is -1.76. The van der Waals surface area contributed by atoms with E-state index < -0.39 is 25.6 Å². The summed E-state index contributed by atoms with van der Waals surface area (Å²) in [5, 5.41) is 0. The van der Waals surface area contributed by atoms with Crippen LogP contribution in [0.4, 0.5) is 13.2 Å². The molecular formula is C17H19F3INO6S2. The maximum Gasteiger partial charge on any atom is 0.485 e. The number of hydrogen-bond donors (Lipinski definition) is 1. The average Bonchev–Trinajstić information content (AvgIpc) is 2.57. The Labute approximate surface area is 183 Å². The van der Waals surface area contributed by atoms with Crippen LogP contribution < -0.4 is 26.1 Å². The summed E-state index contributed by atoms with van der Waals surface area (Å²) in [6.07, 6.45) is 0. The molecule has 168 valence electrons. The first-order valence-corrected chi connectivity index (χ1v) is 13.0. The first kappa shape index (κ1) is 26.8. The zero-order chi connectivity index (χ0) is 23.3. The number of hydrogen-bond acceptors (Lipinski definition) is 6. The number of nitrogens with one attached hydrogen (secondary N) is 1. The zero-order valence-electron chi connectivity index (χ0n) is 16.2. The van der Waals surface area contributed by atoms with Crippen molar-refractivity contribution in [1.29, 1.82) is 0 Å². The van der Waals surface area contributed by atoms with Crippen LogP contribution in [0.3, 0.4) is 0 Å². The van der Waals surface area contributed by atoms with Crippen molar-refractivity contribution in [2.75, 3.05) is 7.11 Å². The minimum atomic E-state index is -6.09. The third-order valence-electron chi connectivity index (χ3n) is 3.38. The fraction of sp³-hybridized carbons (Fsp3) is 0.294. The van der Waals surface area contributed by atoms with Gasteiger partial charge in [-0.05, 0) is 45.0 Å². The number of alkyl halides is 3. The Kier molecular flexibility index (Phi) is 9.25. The number of benzene rings is 2. The van der Waals surface area contributed by atoms with Gasteiger partial charge in [0.25, 0.3) is 10.0 Å². The van der Waals surface area contributed by atoms with E-state index in [1.165, 1.54) is 30.9 Å². The van der Waals surface area contributed by atoms with Crippen molar-refractivity contribution < 1.29 is 60.6 Å². The molecule has 0 saturated heterocycles. The van der Waals surface area contributed by atoms with Gasteiger partial charge < -0.3 is 4.55 Å². The van der Waals surface area contributed by atoms with E-state index >= 15 is 0 Å². The lowest BCUT2D eigenvalue weighted by molar-refractivity contribution is -0.598. The molecule has 0 unspecified atom stereocenters. The van der Waals surface area contributed by atoms with E-state index in [0.717, 1.165) is 0 Å². The molecule has 30 heavy (non-hydrogen) atoms. The molecule has 0 spiro atoms. The first-order chi connectivity index (χ1) is 13.6. The molecule has 0 saturated carbocycles. The van der Waals surface area contributed by atoms with Crippen molar-refractivity contribution in [3.05, 3.63) is 60.2 Å². The average molecular weight is 581 g/mol. The Morgan fingerprint density at radius 1 is 0.967 bits per heavy atom. The highest BCUT2D eigenvalue weighted by molar-refractivity contribution is 7.89. The van der Waals surface area contributed by atoms with E-state index in [1.54, 1.807) is 12.1 Å². The molecule has 0 aliphatic heterocycles. The highest BCUT2D eigenvalue weighted by atomic mass is 127. The minimum Gasteiger partial charge on any atom is -0.741 e. The van der Waals surface area contributed by atoms with E-state index in [9.17, 15) is 21.6 Å². The summed E-state index contributed by atoms with van der Waals surface area (Å²) < 4.78 is 85.1. The smallest absolute Gasteiger partial charge is 0.485 e. The second-order valence-electron chi connectivity index (χ2n) is 5.95. The van der Waals surface area contributed by atoms with Gasteiger partial charge in [0.05, 0.1) is 12.0 Å². The van der Waals surface area contributed by atoms with Crippen molar-refractivity contribution in [2.45, 2.75) is 31.2 Å². The van der Waals surface area contributed by atoms with Crippen LogP contribution in [0.25, 0.3) is 0 Å². The van der Waals surface area contributed by atoms with E-state index in [2.05, 4.69) is 37.7 Å². The third kappa shape index (κ3) is 7.77. The summed E-state index contributed by atoms with van der Waals surface area (Å²) in [5.74, 6) is 0. The fourth-order valence-electron chi connectivity index (χ4n) is 2.26. The van der Waals surface area contributed by atoms with Crippen molar-refractivity contribution >= 4 is 20.1 Å². The van der Waals surface area contributed by atoms with Crippen molar-refractivity contribution in [3.63, 3.8) is 0 Å². The molecule has 2 aromatic carbocycles. The minimum absolute atomic E-state index is 0.208. The Hall–Kier alpha value is -1.26. The Bertz CT molecular complexity index is 1060. The number of halogens is 4. The lowest BCUT2D eigenvalue weighted by Gasteiger charge is -2.08. The highest BCUT2D eigenvalue weighted by Crippen LogP contribution is 2.20. The fourth-order valence-corrected chi connectivity index (χ4v) is 5.57. The van der Waals surface area contributed by atoms with Crippen molar-refractivity contribution in [1.82, 2.24) is 4.89 Å². The van der Waals surface area contributed by atoms with Crippen LogP contribution in [-0.2, 0) is 25.0 Å². The van der Waals surface area contributed by atoms with Crippen LogP contribution in [-0.4, -0.2) is 34.0 Å². The summed E-state index contributed by atoms with van der Waals surface area (Å²) in [6.45, 7) is 6.37. The van der Waals surface area contributed by atoms with E-state index in [0.29, 0.717) is 0 Å². The second kappa shape index (κ2) is 10.4. The third-order valence-corrected chi connectivity index (χ3v) is 8.81. The Balaban J connectivity index is 0.000000479. The molecule has 0 aliphatic rings. The van der Waals surface area contributed by atoms with Gasteiger partial charge in [0.2, 0.25) is 0 Å². The van der Waals surface area contributed by atoms with Gasteiger partial charge >= 0.3 is 26.7 Å². The maximum absolute atomic E-state index is 11.8. The van der Waals surface area contributed by atoms with Gasteiger partial charge in [-0.3, -0.25) is 4.84 Å². The summed E-state index contributed by atoms with van der Waals surface area (Å²) >= 11 is -0.332. The molecule has 7 nitrogen and oxygen atoms in total. The molecule has 2 rings (SSSR count). The topological polar surface area (TPSA) is 113 Å². The van der Waals surface area contributed by atoms with Gasteiger partial charge in [0.1, 0.15) is 0 Å². The monoisotopic (exact) mass is 581 g/mol. The zero-order valence-corrected chi connectivity index (χ0v) is 20.0. The maximum atomic E-state index is 11.8. The predicted octanol–water partition coefficient (Wildman–Crippen LogP) is -0.369. The van der Waals surface area contributed by atoms with Crippen molar-refractivity contribution in [3.8, 4) is 0 Å². The van der Waals surface area contributed by atoms with Crippen molar-refractivity contribution in [2.24, 2.45) is 0 Å². The van der Waals surface area contributed by atoms with Gasteiger partial charge in [-0.2, -0.15) is 13.2 Å². The Morgan fingerprint density at radius 3 is 1.77 bits per heavy atom. The first-order valence-electron chi connectivity index (χ1n) is 7.98. The molecule has 0 radical (unpaired) electrons. The summed E-state index contributed by atoms with van der Waals surface area (Å²) in [4.78, 5) is 6.72. The number of rotatable bonds is 5. The van der Waals surface area contributed by atoms with Gasteiger partial charge in [-0.1, -0.05) is 22.6 Å². The molecule has 0 aliphatic carbocycles. The molecule has 0 atom stereocenters. The van der Waals surface area contributed by atoms with Gasteiger partial charge in [0, 0.05) is 11.1 Å². The molecule has 0 heterocycles. The number of aryl methyl sites for hydroxylation is 3. The molecule has 13 heteroatoms. The number of sulfonamides is 1. The van der Waals surface area contributed by atoms with Crippen LogP contribution in [0.5, 0.6) is 0 Å². The molecule has 0 aromatic heterocycles. The molecule has 2 aromatic rings. The molecule has 0 fully saturated rings. The second-order valence-corrected chi connectivity index (χ2v) is 11.8. The molecule has 0 bridgehead atoms. The standard InChI is InChI=1S/C16H19INO3S.CHF3O3S/c1-11-9-12(2)16(13(3)10-11)17-14-5-7-15(8-6-14)22(19,20)18-21-4;2-1(3,4)8(5,6)7/h5-10,18H,1-4H3;(H,5,6,7)/q+1;/p-1. The quantitative estimate of drug-likeness (QED) is 0.223. The molecule has 1 N–H and O–H groups in total. The normalized spacial score (nSPS) is 12.3.